The second kappa shape index (κ2) is 8.70. The van der Waals surface area contributed by atoms with E-state index in [2.05, 4.69) is 50.2 Å². The summed E-state index contributed by atoms with van der Waals surface area (Å²) in [5.74, 6) is 1.21. The minimum Gasteiger partial charge on any atom is -0.497 e. The molecule has 0 spiro atoms. The van der Waals surface area contributed by atoms with Crippen LogP contribution in [-0.2, 0) is 6.54 Å². The Labute approximate surface area is 191 Å². The van der Waals surface area contributed by atoms with Crippen molar-refractivity contribution in [2.75, 3.05) is 7.11 Å². The number of nitrogens with zero attached hydrogens (tertiary/aromatic N) is 4. The Balaban J connectivity index is 1.54. The van der Waals surface area contributed by atoms with Crippen molar-refractivity contribution >= 4 is 27.7 Å². The van der Waals surface area contributed by atoms with Crippen molar-refractivity contribution in [2.45, 2.75) is 19.5 Å². The molecule has 0 aliphatic rings. The molecule has 7 heteroatoms. The fraction of sp³-hybridized carbons (Fsp3) is 0.154. The molecule has 5 aromatic rings. The summed E-state index contributed by atoms with van der Waals surface area (Å²) in [4.78, 5) is 25.6. The van der Waals surface area contributed by atoms with E-state index in [1.165, 1.54) is 29.4 Å². The number of hydrogen-bond donors (Lipinski definition) is 1. The van der Waals surface area contributed by atoms with E-state index in [0.29, 0.717) is 6.54 Å². The quantitative estimate of drug-likeness (QED) is 0.422. The van der Waals surface area contributed by atoms with Gasteiger partial charge in [-0.25, -0.2) is 9.97 Å². The van der Waals surface area contributed by atoms with Crippen LogP contribution in [0.25, 0.3) is 21.8 Å². The molecule has 0 fully saturated rings. The molecular weight excluding hydrogens is 414 g/mol. The Bertz CT molecular complexity index is 1450. The molecule has 3 aromatic carbocycles. The summed E-state index contributed by atoms with van der Waals surface area (Å²) in [5, 5.41) is 5.38. The molecule has 0 bridgehead atoms. The van der Waals surface area contributed by atoms with Crippen LogP contribution in [0.4, 0.5) is 0 Å². The number of rotatable bonds is 6. The lowest BCUT2D eigenvalue weighted by Gasteiger charge is -2.17. The molecule has 1 amide bonds. The lowest BCUT2D eigenvalue weighted by atomic mass is 10.1. The predicted octanol–water partition coefficient (Wildman–Crippen LogP) is 4.53. The van der Waals surface area contributed by atoms with Gasteiger partial charge in [0.05, 0.1) is 30.4 Å². The van der Waals surface area contributed by atoms with Crippen molar-refractivity contribution in [1.82, 2.24) is 24.8 Å². The number of nitrogens with one attached hydrogen (secondary N) is 1. The number of hydrogen-bond acceptors (Lipinski definition) is 5. The van der Waals surface area contributed by atoms with Crippen molar-refractivity contribution in [3.8, 4) is 5.75 Å². The van der Waals surface area contributed by atoms with E-state index in [1.54, 1.807) is 7.11 Å². The summed E-state index contributed by atoms with van der Waals surface area (Å²) >= 11 is 0. The van der Waals surface area contributed by atoms with Crippen LogP contribution in [0.5, 0.6) is 5.75 Å². The van der Waals surface area contributed by atoms with Gasteiger partial charge in [-0.2, -0.15) is 0 Å². The maximum atomic E-state index is 12.7. The van der Waals surface area contributed by atoms with Crippen molar-refractivity contribution in [1.29, 1.82) is 0 Å². The van der Waals surface area contributed by atoms with Gasteiger partial charge in [-0.1, -0.05) is 36.4 Å². The fourth-order valence-corrected chi connectivity index (χ4v) is 4.02. The number of carbonyl (C=O) groups excluding carboxylic acids is 1. The van der Waals surface area contributed by atoms with Gasteiger partial charge in [0.1, 0.15) is 17.3 Å². The summed E-state index contributed by atoms with van der Waals surface area (Å²) in [7, 11) is 1.65. The fourth-order valence-electron chi connectivity index (χ4n) is 4.02. The molecule has 2 aromatic heterocycles. The second-order valence-corrected chi connectivity index (χ2v) is 7.88. The Kier molecular flexibility index (Phi) is 5.44. The highest BCUT2D eigenvalue weighted by Gasteiger charge is 2.20. The zero-order chi connectivity index (χ0) is 22.8. The summed E-state index contributed by atoms with van der Waals surface area (Å²) in [6.45, 7) is 2.53. The average molecular weight is 438 g/mol. The largest absolute Gasteiger partial charge is 0.497 e. The van der Waals surface area contributed by atoms with Crippen molar-refractivity contribution in [2.24, 2.45) is 0 Å². The molecule has 0 aliphatic heterocycles. The Morgan fingerprint density at radius 1 is 1.06 bits per heavy atom. The molecule has 5 rings (SSSR count). The Morgan fingerprint density at radius 2 is 1.91 bits per heavy atom. The predicted molar refractivity (Wildman–Crippen MR) is 127 cm³/mol. The number of methoxy groups -OCH3 is 1. The standard InChI is InChI=1S/C26H23N5O2/c1-17(29-26(32)23-15-27-11-12-28-23)25-30-22-10-9-21(33-2)14-24(22)31(25)16-18-7-8-19-5-3-4-6-20(19)13-18/h3-15,17H,16H2,1-2H3,(H,29,32). The van der Waals surface area contributed by atoms with Gasteiger partial charge in [0.2, 0.25) is 0 Å². The average Bonchev–Trinajstić information content (AvgIpc) is 3.22. The van der Waals surface area contributed by atoms with E-state index >= 15 is 0 Å². The highest BCUT2D eigenvalue weighted by Crippen LogP contribution is 2.27. The van der Waals surface area contributed by atoms with Crippen molar-refractivity contribution in [3.05, 3.63) is 96.3 Å². The number of fused-ring (bicyclic) bond motifs is 2. The molecule has 1 unspecified atom stereocenters. The Morgan fingerprint density at radius 3 is 2.70 bits per heavy atom. The molecule has 0 saturated carbocycles. The third kappa shape index (κ3) is 4.13. The summed E-state index contributed by atoms with van der Waals surface area (Å²) in [5.41, 5.74) is 3.19. The first kappa shape index (κ1) is 20.6. The maximum absolute atomic E-state index is 12.7. The lowest BCUT2D eigenvalue weighted by Crippen LogP contribution is -2.29. The second-order valence-electron chi connectivity index (χ2n) is 7.88. The van der Waals surface area contributed by atoms with Gasteiger partial charge in [0, 0.05) is 25.0 Å². The van der Waals surface area contributed by atoms with Gasteiger partial charge in [-0.3, -0.25) is 9.78 Å². The molecule has 0 saturated heterocycles. The minimum atomic E-state index is -0.349. The molecular formula is C26H23N5O2. The molecule has 1 atom stereocenters. The molecule has 7 nitrogen and oxygen atoms in total. The van der Waals surface area contributed by atoms with Crippen LogP contribution in [0.2, 0.25) is 0 Å². The zero-order valence-corrected chi connectivity index (χ0v) is 18.4. The third-order valence-electron chi connectivity index (χ3n) is 5.67. The third-order valence-corrected chi connectivity index (χ3v) is 5.67. The topological polar surface area (TPSA) is 81.9 Å². The molecule has 0 aliphatic carbocycles. The van der Waals surface area contributed by atoms with Gasteiger partial charge in [0.15, 0.2) is 0 Å². The number of carbonyl (C=O) groups is 1. The van der Waals surface area contributed by atoms with Crippen molar-refractivity contribution in [3.63, 3.8) is 0 Å². The van der Waals surface area contributed by atoms with Crippen LogP contribution in [0, 0.1) is 0 Å². The van der Waals surface area contributed by atoms with Crippen LogP contribution in [0.15, 0.2) is 79.3 Å². The van der Waals surface area contributed by atoms with Gasteiger partial charge < -0.3 is 14.6 Å². The number of imidazole rings is 1. The van der Waals surface area contributed by atoms with Gasteiger partial charge in [0.25, 0.3) is 5.91 Å². The molecule has 33 heavy (non-hydrogen) atoms. The lowest BCUT2D eigenvalue weighted by molar-refractivity contribution is 0.0932. The summed E-state index contributed by atoms with van der Waals surface area (Å²) in [6, 6.07) is 20.2. The van der Waals surface area contributed by atoms with E-state index < -0.39 is 0 Å². The van der Waals surface area contributed by atoms with E-state index in [4.69, 9.17) is 9.72 Å². The smallest absolute Gasteiger partial charge is 0.272 e. The number of amides is 1. The van der Waals surface area contributed by atoms with Crippen LogP contribution < -0.4 is 10.1 Å². The van der Waals surface area contributed by atoms with Gasteiger partial charge in [-0.05, 0) is 41.5 Å². The van der Waals surface area contributed by atoms with E-state index in [9.17, 15) is 4.79 Å². The van der Waals surface area contributed by atoms with E-state index in [1.807, 2.05) is 37.3 Å². The maximum Gasteiger partial charge on any atom is 0.272 e. The SMILES string of the molecule is COc1ccc2nc(C(C)NC(=O)c3cnccn3)n(Cc3ccc4ccccc4c3)c2c1. The van der Waals surface area contributed by atoms with Crippen LogP contribution in [-0.4, -0.2) is 32.5 Å². The summed E-state index contributed by atoms with van der Waals surface area (Å²) in [6.07, 6.45) is 4.49. The van der Waals surface area contributed by atoms with E-state index in [-0.39, 0.29) is 17.6 Å². The zero-order valence-electron chi connectivity index (χ0n) is 18.4. The highest BCUT2D eigenvalue weighted by atomic mass is 16.5. The number of aromatic nitrogens is 4. The molecule has 164 valence electrons. The highest BCUT2D eigenvalue weighted by molar-refractivity contribution is 5.92. The number of ether oxygens (including phenoxy) is 1. The Hall–Kier alpha value is -4.26. The van der Waals surface area contributed by atoms with E-state index in [0.717, 1.165) is 28.2 Å². The minimum absolute atomic E-state index is 0.267. The first-order valence-electron chi connectivity index (χ1n) is 10.7. The molecule has 0 radical (unpaired) electrons. The first-order chi connectivity index (χ1) is 16.1. The summed E-state index contributed by atoms with van der Waals surface area (Å²) < 4.78 is 7.58. The van der Waals surface area contributed by atoms with Gasteiger partial charge >= 0.3 is 0 Å². The molecule has 1 N–H and O–H groups in total. The van der Waals surface area contributed by atoms with Gasteiger partial charge in [-0.15, -0.1) is 0 Å². The number of benzene rings is 3. The van der Waals surface area contributed by atoms with Crippen LogP contribution in [0.1, 0.15) is 34.8 Å². The van der Waals surface area contributed by atoms with Crippen LogP contribution >= 0.6 is 0 Å². The van der Waals surface area contributed by atoms with Crippen molar-refractivity contribution < 1.29 is 9.53 Å². The normalized spacial score (nSPS) is 12.1. The first-order valence-corrected chi connectivity index (χ1v) is 10.7. The monoisotopic (exact) mass is 437 g/mol. The van der Waals surface area contributed by atoms with Crippen LogP contribution in [0.3, 0.4) is 0 Å². The molecule has 2 heterocycles.